The Morgan fingerprint density at radius 3 is 2.61 bits per heavy atom. The van der Waals surface area contributed by atoms with Gasteiger partial charge >= 0.3 is 5.97 Å². The third kappa shape index (κ3) is 6.11. The van der Waals surface area contributed by atoms with E-state index in [9.17, 15) is 4.79 Å². The van der Waals surface area contributed by atoms with Gasteiger partial charge in [0.1, 0.15) is 6.54 Å². The molecule has 2 N–H and O–H groups in total. The number of nitrogens with one attached hydrogen (secondary N) is 1. The molecule has 0 aromatic heterocycles. The van der Waals surface area contributed by atoms with Crippen molar-refractivity contribution in [1.82, 2.24) is 15.3 Å². The van der Waals surface area contributed by atoms with E-state index in [1.54, 1.807) is 0 Å². The van der Waals surface area contributed by atoms with E-state index in [-0.39, 0.29) is 18.7 Å². The predicted octanol–water partition coefficient (Wildman–Crippen LogP) is 1.31. The first-order chi connectivity index (χ1) is 13.6. The average Bonchev–Trinajstić information content (AvgIpc) is 3.15. The maximum atomic E-state index is 10.8. The number of hydroxylamine groups is 1. The number of carbonyl (C=O) groups is 1. The van der Waals surface area contributed by atoms with E-state index in [1.165, 1.54) is 5.56 Å². The van der Waals surface area contributed by atoms with Crippen LogP contribution in [0.3, 0.4) is 0 Å². The van der Waals surface area contributed by atoms with E-state index in [2.05, 4.69) is 50.8 Å². The summed E-state index contributed by atoms with van der Waals surface area (Å²) in [6.45, 7) is 5.16. The number of carboxylic acid groups (broad SMARTS) is 1. The fraction of sp³-hybridized carbons (Fsp3) is 0.550. The maximum Gasteiger partial charge on any atom is 0.317 e. The van der Waals surface area contributed by atoms with Crippen molar-refractivity contribution in [3.63, 3.8) is 0 Å². The second-order valence-electron chi connectivity index (χ2n) is 7.16. The zero-order valence-corrected chi connectivity index (χ0v) is 16.0. The minimum Gasteiger partial charge on any atom is -0.480 e. The molecule has 2 aliphatic heterocycles. The summed E-state index contributed by atoms with van der Waals surface area (Å²) in [5, 5.41) is 16.8. The maximum absolute atomic E-state index is 10.8. The predicted molar refractivity (Wildman–Crippen MR) is 105 cm³/mol. The van der Waals surface area contributed by atoms with Crippen LogP contribution in [-0.2, 0) is 16.2 Å². The molecule has 0 bridgehead atoms. The third-order valence-electron chi connectivity index (χ3n) is 5.06. The molecule has 0 radical (unpaired) electrons. The number of hydrogen-bond donors (Lipinski definition) is 2. The summed E-state index contributed by atoms with van der Waals surface area (Å²) < 4.78 is 0. The van der Waals surface area contributed by atoms with Gasteiger partial charge < -0.3 is 5.11 Å². The number of rotatable bonds is 8. The lowest BCUT2D eigenvalue weighted by Gasteiger charge is -2.34. The number of azo groups is 1. The summed E-state index contributed by atoms with van der Waals surface area (Å²) in [5.41, 5.74) is 5.44. The Kier molecular flexibility index (Phi) is 7.51. The van der Waals surface area contributed by atoms with Crippen molar-refractivity contribution in [3.8, 4) is 12.3 Å². The van der Waals surface area contributed by atoms with Gasteiger partial charge in [-0.05, 0) is 17.5 Å². The lowest BCUT2D eigenvalue weighted by atomic mass is 10.0. The zero-order valence-electron chi connectivity index (χ0n) is 16.0. The standard InChI is InChI=1S/C20H27N5O3/c1-2-7-21-22-13-16-3-5-17(6-4-16)19-12-18(28-23-19)14-24-8-10-25(11-9-24)15-20(26)27/h1,3-6,18-19,23H,7-15H2,(H,26,27). The molecule has 150 valence electrons. The van der Waals surface area contributed by atoms with E-state index in [0.717, 1.165) is 44.7 Å². The zero-order chi connectivity index (χ0) is 19.8. The van der Waals surface area contributed by atoms with Crippen LogP contribution in [0.4, 0.5) is 0 Å². The van der Waals surface area contributed by atoms with E-state index in [0.29, 0.717) is 13.1 Å². The second kappa shape index (κ2) is 10.3. The first-order valence-electron chi connectivity index (χ1n) is 9.57. The van der Waals surface area contributed by atoms with Gasteiger partial charge in [0.15, 0.2) is 0 Å². The Balaban J connectivity index is 1.42. The molecule has 0 saturated carbocycles. The third-order valence-corrected chi connectivity index (χ3v) is 5.06. The number of terminal acetylenes is 1. The molecule has 0 spiro atoms. The number of hydrogen-bond acceptors (Lipinski definition) is 7. The number of nitrogens with zero attached hydrogens (tertiary/aromatic N) is 4. The van der Waals surface area contributed by atoms with Crippen LogP contribution in [0.15, 0.2) is 34.5 Å². The van der Waals surface area contributed by atoms with Gasteiger partial charge in [-0.1, -0.05) is 30.2 Å². The van der Waals surface area contributed by atoms with E-state index < -0.39 is 5.97 Å². The normalized spacial score (nSPS) is 23.8. The van der Waals surface area contributed by atoms with E-state index in [4.69, 9.17) is 16.4 Å². The Bertz CT molecular complexity index is 708. The number of carboxylic acids is 1. The lowest BCUT2D eigenvalue weighted by molar-refractivity contribution is -0.138. The van der Waals surface area contributed by atoms with E-state index >= 15 is 0 Å². The highest BCUT2D eigenvalue weighted by atomic mass is 16.7. The van der Waals surface area contributed by atoms with Gasteiger partial charge in [0, 0.05) is 32.7 Å². The summed E-state index contributed by atoms with van der Waals surface area (Å²) >= 11 is 0. The van der Waals surface area contributed by atoms with Gasteiger partial charge in [-0.15, -0.1) is 6.42 Å². The molecule has 1 aromatic rings. The molecule has 1 aromatic carbocycles. The minimum absolute atomic E-state index is 0.124. The molecule has 2 unspecified atom stereocenters. The summed E-state index contributed by atoms with van der Waals surface area (Å²) in [7, 11) is 0. The number of aliphatic carboxylic acids is 1. The first kappa shape index (κ1) is 20.4. The van der Waals surface area contributed by atoms with Crippen LogP contribution in [0.5, 0.6) is 0 Å². The number of piperazine rings is 1. The van der Waals surface area contributed by atoms with Crippen LogP contribution in [-0.4, -0.2) is 72.8 Å². The van der Waals surface area contributed by atoms with Crippen LogP contribution in [0.2, 0.25) is 0 Å². The fourth-order valence-electron chi connectivity index (χ4n) is 3.54. The van der Waals surface area contributed by atoms with Crippen molar-refractivity contribution in [2.75, 3.05) is 45.8 Å². The quantitative estimate of drug-likeness (QED) is 0.518. The van der Waals surface area contributed by atoms with Gasteiger partial charge in [0.05, 0.1) is 25.2 Å². The highest BCUT2D eigenvalue weighted by Crippen LogP contribution is 2.26. The molecule has 2 fully saturated rings. The Hall–Kier alpha value is -2.31. The van der Waals surface area contributed by atoms with Gasteiger partial charge in [-0.3, -0.25) is 19.4 Å². The SMILES string of the molecule is C#CCN=NCc1ccc(C2CC(CN3CCN(CC(=O)O)CC3)ON2)cc1. The summed E-state index contributed by atoms with van der Waals surface area (Å²) in [6.07, 6.45) is 6.19. The largest absolute Gasteiger partial charge is 0.480 e. The molecule has 2 atom stereocenters. The van der Waals surface area contributed by atoms with Gasteiger partial charge in [0.25, 0.3) is 0 Å². The fourth-order valence-corrected chi connectivity index (χ4v) is 3.54. The summed E-state index contributed by atoms with van der Waals surface area (Å²) in [5.74, 6) is 1.67. The molecule has 8 heteroatoms. The average molecular weight is 385 g/mol. The first-order valence-corrected chi connectivity index (χ1v) is 9.57. The van der Waals surface area contributed by atoms with E-state index in [1.807, 2.05) is 4.90 Å². The van der Waals surface area contributed by atoms with Crippen LogP contribution in [0, 0.1) is 12.3 Å². The molecule has 28 heavy (non-hydrogen) atoms. The van der Waals surface area contributed by atoms with Crippen LogP contribution in [0.1, 0.15) is 23.6 Å². The number of benzene rings is 1. The monoisotopic (exact) mass is 385 g/mol. The summed E-state index contributed by atoms with van der Waals surface area (Å²) in [4.78, 5) is 20.9. The molecule has 3 rings (SSSR count). The van der Waals surface area contributed by atoms with Crippen LogP contribution >= 0.6 is 0 Å². The highest BCUT2D eigenvalue weighted by Gasteiger charge is 2.29. The molecule has 0 aliphatic carbocycles. The van der Waals surface area contributed by atoms with Gasteiger partial charge in [-0.2, -0.15) is 15.7 Å². The minimum atomic E-state index is -0.763. The van der Waals surface area contributed by atoms with Crippen molar-refractivity contribution in [3.05, 3.63) is 35.4 Å². The molecule has 2 aliphatic rings. The molecule has 8 nitrogen and oxygen atoms in total. The molecular weight excluding hydrogens is 358 g/mol. The van der Waals surface area contributed by atoms with Crippen LogP contribution in [0.25, 0.3) is 0 Å². The van der Waals surface area contributed by atoms with Crippen molar-refractivity contribution < 1.29 is 14.7 Å². The highest BCUT2D eigenvalue weighted by molar-refractivity contribution is 5.69. The topological polar surface area (TPSA) is 89.8 Å². The lowest BCUT2D eigenvalue weighted by Crippen LogP contribution is -2.49. The van der Waals surface area contributed by atoms with Crippen LogP contribution < -0.4 is 5.48 Å². The Labute approximate surface area is 165 Å². The van der Waals surface area contributed by atoms with Crippen molar-refractivity contribution in [1.29, 1.82) is 0 Å². The molecular formula is C20H27N5O3. The molecule has 2 saturated heterocycles. The molecule has 0 amide bonds. The van der Waals surface area contributed by atoms with Gasteiger partial charge in [-0.25, -0.2) is 0 Å². The second-order valence-corrected chi connectivity index (χ2v) is 7.16. The van der Waals surface area contributed by atoms with Crippen molar-refractivity contribution in [2.45, 2.75) is 25.1 Å². The van der Waals surface area contributed by atoms with Crippen molar-refractivity contribution in [2.24, 2.45) is 10.2 Å². The van der Waals surface area contributed by atoms with Gasteiger partial charge in [0.2, 0.25) is 0 Å². The summed E-state index contributed by atoms with van der Waals surface area (Å²) in [6, 6.07) is 8.48. The smallest absolute Gasteiger partial charge is 0.317 e. The Morgan fingerprint density at radius 2 is 1.93 bits per heavy atom. The molecule has 2 heterocycles. The van der Waals surface area contributed by atoms with Crippen molar-refractivity contribution >= 4 is 5.97 Å². The Morgan fingerprint density at radius 1 is 1.21 bits per heavy atom.